The number of hydrogen-bond acceptors (Lipinski definition) is 4. The van der Waals surface area contributed by atoms with Crippen LogP contribution in [0.1, 0.15) is 35.7 Å². The maximum absolute atomic E-state index is 13.2. The molecule has 0 radical (unpaired) electrons. The average molecular weight is 420 g/mol. The van der Waals surface area contributed by atoms with Gasteiger partial charge in [0.25, 0.3) is 0 Å². The van der Waals surface area contributed by atoms with Crippen LogP contribution in [0.3, 0.4) is 0 Å². The molecule has 0 spiro atoms. The number of para-hydroxylation sites is 1. The maximum Gasteiger partial charge on any atom is 0.249 e. The van der Waals surface area contributed by atoms with Crippen LogP contribution in [0, 0.1) is 5.92 Å². The van der Waals surface area contributed by atoms with E-state index in [4.69, 9.17) is 5.73 Å². The summed E-state index contributed by atoms with van der Waals surface area (Å²) in [5.74, 6) is 0.449. The van der Waals surface area contributed by atoms with E-state index in [0.717, 1.165) is 10.9 Å². The van der Waals surface area contributed by atoms with E-state index >= 15 is 0 Å². The van der Waals surface area contributed by atoms with Gasteiger partial charge in [0.2, 0.25) is 11.8 Å². The first-order valence-electron chi connectivity index (χ1n) is 10.2. The minimum atomic E-state index is -0.491. The largest absolute Gasteiger partial charge is 0.366 e. The van der Waals surface area contributed by atoms with Crippen LogP contribution in [-0.4, -0.2) is 33.5 Å². The fraction of sp³-hybridized carbons (Fsp3) is 0.292. The first-order valence-corrected chi connectivity index (χ1v) is 11.2. The Balaban J connectivity index is 1.52. The second-order valence-electron chi connectivity index (χ2n) is 7.76. The lowest BCUT2D eigenvalue weighted by Crippen LogP contribution is -2.40. The fourth-order valence-electron chi connectivity index (χ4n) is 3.72. The molecule has 6 heteroatoms. The van der Waals surface area contributed by atoms with Crippen molar-refractivity contribution in [1.82, 2.24) is 9.88 Å². The third-order valence-electron chi connectivity index (χ3n) is 5.61. The van der Waals surface area contributed by atoms with Crippen molar-refractivity contribution in [3.8, 4) is 0 Å². The van der Waals surface area contributed by atoms with Crippen molar-refractivity contribution in [3.63, 3.8) is 0 Å². The first-order chi connectivity index (χ1) is 14.5. The van der Waals surface area contributed by atoms with Gasteiger partial charge in [0, 0.05) is 18.0 Å². The van der Waals surface area contributed by atoms with Gasteiger partial charge in [-0.2, -0.15) is 0 Å². The number of nitrogens with two attached hydrogens (primary N) is 1. The molecule has 0 aliphatic heterocycles. The Morgan fingerprint density at radius 3 is 2.53 bits per heavy atom. The topological polar surface area (TPSA) is 76.3 Å². The molecule has 1 heterocycles. The van der Waals surface area contributed by atoms with Gasteiger partial charge < -0.3 is 10.6 Å². The highest BCUT2D eigenvalue weighted by Gasteiger charge is 2.34. The maximum atomic E-state index is 13.2. The number of primary amides is 1. The normalized spacial score (nSPS) is 14.4. The van der Waals surface area contributed by atoms with E-state index in [9.17, 15) is 9.59 Å². The summed E-state index contributed by atoms with van der Waals surface area (Å²) in [4.78, 5) is 31.7. The highest BCUT2D eigenvalue weighted by Crippen LogP contribution is 2.36. The lowest BCUT2D eigenvalue weighted by atomic mass is 10.1. The second-order valence-corrected chi connectivity index (χ2v) is 8.76. The molecule has 1 atom stereocenters. The number of pyridine rings is 1. The highest BCUT2D eigenvalue weighted by atomic mass is 32.2. The van der Waals surface area contributed by atoms with Crippen molar-refractivity contribution in [3.05, 3.63) is 71.8 Å². The van der Waals surface area contributed by atoms with Gasteiger partial charge in [0.15, 0.2) is 0 Å². The van der Waals surface area contributed by atoms with Gasteiger partial charge in [-0.3, -0.25) is 9.59 Å². The summed E-state index contributed by atoms with van der Waals surface area (Å²) in [6, 6.07) is 19.4. The molecule has 1 aromatic heterocycles. The summed E-state index contributed by atoms with van der Waals surface area (Å²) < 4.78 is 0. The Morgan fingerprint density at radius 2 is 1.83 bits per heavy atom. The molecule has 2 aromatic carbocycles. The number of thioether (sulfide) groups is 1. The van der Waals surface area contributed by atoms with Gasteiger partial charge in [0.05, 0.1) is 21.9 Å². The van der Waals surface area contributed by atoms with E-state index in [-0.39, 0.29) is 17.7 Å². The van der Waals surface area contributed by atoms with E-state index in [1.807, 2.05) is 47.4 Å². The zero-order valence-electron chi connectivity index (χ0n) is 17.0. The van der Waals surface area contributed by atoms with Gasteiger partial charge in [0.1, 0.15) is 0 Å². The first kappa shape index (κ1) is 20.4. The van der Waals surface area contributed by atoms with Crippen molar-refractivity contribution in [2.45, 2.75) is 37.4 Å². The molecule has 3 aromatic rings. The zero-order valence-corrected chi connectivity index (χ0v) is 17.8. The van der Waals surface area contributed by atoms with Crippen molar-refractivity contribution >= 4 is 34.5 Å². The SMILES string of the molecule is C[C@H](C1CC1)N(Cc1ccccc1)C(=O)CSc1cc(C(N)=O)c2ccccc2n1. The molecule has 2 N–H and O–H groups in total. The molecule has 5 nitrogen and oxygen atoms in total. The van der Waals surface area contributed by atoms with Crippen molar-refractivity contribution in [1.29, 1.82) is 0 Å². The number of fused-ring (bicyclic) bond motifs is 1. The van der Waals surface area contributed by atoms with E-state index in [2.05, 4.69) is 24.0 Å². The van der Waals surface area contributed by atoms with Crippen LogP contribution in [-0.2, 0) is 11.3 Å². The van der Waals surface area contributed by atoms with E-state index in [0.29, 0.717) is 28.6 Å². The Labute approximate surface area is 180 Å². The lowest BCUT2D eigenvalue weighted by Gasteiger charge is -2.29. The molecule has 0 bridgehead atoms. The number of hydrogen-bond donors (Lipinski definition) is 1. The number of rotatable bonds is 8. The monoisotopic (exact) mass is 419 g/mol. The van der Waals surface area contributed by atoms with E-state index < -0.39 is 5.91 Å². The molecular formula is C24H25N3O2S. The van der Waals surface area contributed by atoms with E-state index in [1.54, 1.807) is 6.07 Å². The van der Waals surface area contributed by atoms with Gasteiger partial charge in [-0.05, 0) is 43.4 Å². The summed E-state index contributed by atoms with van der Waals surface area (Å²) in [6.45, 7) is 2.75. The Kier molecular flexibility index (Phi) is 6.04. The summed E-state index contributed by atoms with van der Waals surface area (Å²) in [5, 5.41) is 1.36. The molecule has 1 aliphatic rings. The molecule has 0 unspecified atom stereocenters. The molecule has 4 rings (SSSR count). The summed E-state index contributed by atoms with van der Waals surface area (Å²) in [6.07, 6.45) is 2.36. The third kappa shape index (κ3) is 4.65. The van der Waals surface area contributed by atoms with Crippen LogP contribution in [0.4, 0.5) is 0 Å². The van der Waals surface area contributed by atoms with Gasteiger partial charge >= 0.3 is 0 Å². The number of amides is 2. The van der Waals surface area contributed by atoms with Crippen LogP contribution in [0.25, 0.3) is 10.9 Å². The molecule has 2 amide bonds. The predicted molar refractivity (Wildman–Crippen MR) is 120 cm³/mol. The van der Waals surface area contributed by atoms with Gasteiger partial charge in [-0.1, -0.05) is 60.3 Å². The van der Waals surface area contributed by atoms with Crippen LogP contribution < -0.4 is 5.73 Å². The van der Waals surface area contributed by atoms with E-state index in [1.165, 1.54) is 24.6 Å². The molecule has 0 saturated heterocycles. The van der Waals surface area contributed by atoms with Gasteiger partial charge in [-0.15, -0.1) is 0 Å². The zero-order chi connectivity index (χ0) is 21.1. The van der Waals surface area contributed by atoms with Crippen LogP contribution in [0.5, 0.6) is 0 Å². The number of aromatic nitrogens is 1. The smallest absolute Gasteiger partial charge is 0.249 e. The quantitative estimate of drug-likeness (QED) is 0.554. The average Bonchev–Trinajstić information content (AvgIpc) is 3.61. The lowest BCUT2D eigenvalue weighted by molar-refractivity contribution is -0.131. The molecule has 1 saturated carbocycles. The number of carbonyl (C=O) groups is 2. The van der Waals surface area contributed by atoms with Crippen LogP contribution in [0.2, 0.25) is 0 Å². The minimum absolute atomic E-state index is 0.0823. The summed E-state index contributed by atoms with van der Waals surface area (Å²) >= 11 is 1.35. The molecule has 154 valence electrons. The van der Waals surface area contributed by atoms with Crippen molar-refractivity contribution in [2.75, 3.05) is 5.75 Å². The Morgan fingerprint density at radius 1 is 1.13 bits per heavy atom. The number of nitrogens with zero attached hydrogens (tertiary/aromatic N) is 2. The molecule has 1 aliphatic carbocycles. The summed E-state index contributed by atoms with van der Waals surface area (Å²) in [5.41, 5.74) is 7.83. The summed E-state index contributed by atoms with van der Waals surface area (Å²) in [7, 11) is 0. The van der Waals surface area contributed by atoms with Crippen molar-refractivity contribution < 1.29 is 9.59 Å². The minimum Gasteiger partial charge on any atom is -0.366 e. The Hall–Kier alpha value is -2.86. The third-order valence-corrected chi connectivity index (χ3v) is 6.51. The predicted octanol–water partition coefficient (Wildman–Crippen LogP) is 4.25. The second kappa shape index (κ2) is 8.88. The molecular weight excluding hydrogens is 394 g/mol. The fourth-order valence-corrected chi connectivity index (χ4v) is 4.52. The van der Waals surface area contributed by atoms with Crippen LogP contribution >= 0.6 is 11.8 Å². The Bertz CT molecular complexity index is 1070. The van der Waals surface area contributed by atoms with Crippen molar-refractivity contribution in [2.24, 2.45) is 11.7 Å². The number of benzene rings is 2. The molecule has 30 heavy (non-hydrogen) atoms. The van der Waals surface area contributed by atoms with Gasteiger partial charge in [-0.25, -0.2) is 4.98 Å². The van der Waals surface area contributed by atoms with Crippen LogP contribution in [0.15, 0.2) is 65.7 Å². The molecule has 1 fully saturated rings. The standard InChI is InChI=1S/C24H25N3O2S/c1-16(18-11-12-18)27(14-17-7-3-2-4-8-17)23(28)15-30-22-13-20(24(25)29)19-9-5-6-10-21(19)26-22/h2-10,13,16,18H,11-12,14-15H2,1H3,(H2,25,29)/t16-/m1/s1. The highest BCUT2D eigenvalue weighted by molar-refractivity contribution is 7.99. The number of carbonyl (C=O) groups excluding carboxylic acids is 2.